The van der Waals surface area contributed by atoms with Crippen molar-refractivity contribution < 1.29 is 9.53 Å². The van der Waals surface area contributed by atoms with Crippen LogP contribution in [0.5, 0.6) is 0 Å². The summed E-state index contributed by atoms with van der Waals surface area (Å²) in [5, 5.41) is 9.28. The lowest BCUT2D eigenvalue weighted by Crippen LogP contribution is -2.37. The Morgan fingerprint density at radius 3 is 2.67 bits per heavy atom. The van der Waals surface area contributed by atoms with Crippen LogP contribution in [-0.2, 0) is 11.3 Å². The van der Waals surface area contributed by atoms with Gasteiger partial charge in [0, 0.05) is 45.5 Å². The zero-order chi connectivity index (χ0) is 16.9. The maximum absolute atomic E-state index is 11.8. The average molecular weight is 448 g/mol. The van der Waals surface area contributed by atoms with Gasteiger partial charge in [-0.25, -0.2) is 0 Å². The van der Waals surface area contributed by atoms with E-state index in [1.54, 1.807) is 7.05 Å². The molecule has 7 heteroatoms. The molecule has 0 heterocycles. The third kappa shape index (κ3) is 9.07. The number of carbonyl (C=O) groups is 1. The molecular weight excluding hydrogens is 419 g/mol. The topological polar surface area (TPSA) is 74.8 Å². The van der Waals surface area contributed by atoms with Crippen LogP contribution in [-0.4, -0.2) is 45.2 Å². The number of ether oxygens (including phenoxy) is 1. The van der Waals surface area contributed by atoms with E-state index in [2.05, 4.69) is 20.9 Å². The van der Waals surface area contributed by atoms with Gasteiger partial charge in [-0.1, -0.05) is 12.1 Å². The summed E-state index contributed by atoms with van der Waals surface area (Å²) in [5.41, 5.74) is 1.71. The SMILES string of the molecule is CCNC(=O)c1cccc(CNC(=NC)NCCCOCC)c1.I. The molecule has 1 aromatic carbocycles. The predicted molar refractivity (Wildman–Crippen MR) is 109 cm³/mol. The lowest BCUT2D eigenvalue weighted by Gasteiger charge is -2.12. The molecule has 24 heavy (non-hydrogen) atoms. The maximum atomic E-state index is 11.8. The summed E-state index contributed by atoms with van der Waals surface area (Å²) in [5.74, 6) is 0.692. The number of rotatable bonds is 9. The van der Waals surface area contributed by atoms with Crippen molar-refractivity contribution in [1.29, 1.82) is 0 Å². The molecule has 3 N–H and O–H groups in total. The number of nitrogens with one attached hydrogen (secondary N) is 3. The van der Waals surface area contributed by atoms with E-state index in [1.165, 1.54) is 0 Å². The van der Waals surface area contributed by atoms with Crippen LogP contribution in [0.15, 0.2) is 29.3 Å². The van der Waals surface area contributed by atoms with Gasteiger partial charge >= 0.3 is 0 Å². The quantitative estimate of drug-likeness (QED) is 0.234. The summed E-state index contributed by atoms with van der Waals surface area (Å²) >= 11 is 0. The predicted octanol–water partition coefficient (Wildman–Crippen LogP) is 2.15. The molecular formula is C17H29IN4O2. The first-order chi connectivity index (χ1) is 11.2. The lowest BCUT2D eigenvalue weighted by molar-refractivity contribution is 0.0955. The Kier molecular flexibility index (Phi) is 13.2. The summed E-state index contributed by atoms with van der Waals surface area (Å²) in [7, 11) is 1.74. The molecule has 0 aromatic heterocycles. The van der Waals surface area contributed by atoms with Crippen LogP contribution in [0.25, 0.3) is 0 Å². The fraction of sp³-hybridized carbons (Fsp3) is 0.529. The summed E-state index contributed by atoms with van der Waals surface area (Å²) < 4.78 is 5.30. The normalized spacial score (nSPS) is 10.7. The molecule has 1 rings (SSSR count). The number of hydrogen-bond donors (Lipinski definition) is 3. The summed E-state index contributed by atoms with van der Waals surface area (Å²) in [4.78, 5) is 16.0. The standard InChI is InChI=1S/C17H28N4O2.HI/c1-4-19-16(22)15-9-6-8-14(12-15)13-21-17(18-3)20-10-7-11-23-5-2;/h6,8-9,12H,4-5,7,10-11,13H2,1-3H3,(H,19,22)(H2,18,20,21);1H. The maximum Gasteiger partial charge on any atom is 0.251 e. The Morgan fingerprint density at radius 2 is 2.00 bits per heavy atom. The lowest BCUT2D eigenvalue weighted by atomic mass is 10.1. The average Bonchev–Trinajstić information content (AvgIpc) is 2.58. The monoisotopic (exact) mass is 448 g/mol. The van der Waals surface area contributed by atoms with Gasteiger partial charge in [-0.05, 0) is 38.0 Å². The van der Waals surface area contributed by atoms with Gasteiger partial charge in [0.2, 0.25) is 0 Å². The molecule has 0 atom stereocenters. The number of guanidine groups is 1. The number of benzene rings is 1. The van der Waals surface area contributed by atoms with Crippen molar-refractivity contribution >= 4 is 35.8 Å². The minimum Gasteiger partial charge on any atom is -0.382 e. The second-order valence-corrected chi connectivity index (χ2v) is 4.96. The van der Waals surface area contributed by atoms with Crippen LogP contribution < -0.4 is 16.0 Å². The van der Waals surface area contributed by atoms with Gasteiger partial charge in [0.05, 0.1) is 0 Å². The van der Waals surface area contributed by atoms with Gasteiger partial charge in [-0.2, -0.15) is 0 Å². The zero-order valence-electron chi connectivity index (χ0n) is 14.7. The number of halogens is 1. The first kappa shape index (κ1) is 22.6. The number of carbonyl (C=O) groups excluding carboxylic acids is 1. The smallest absolute Gasteiger partial charge is 0.251 e. The molecule has 0 saturated heterocycles. The van der Waals surface area contributed by atoms with Crippen molar-refractivity contribution in [2.75, 3.05) is 33.4 Å². The summed E-state index contributed by atoms with van der Waals surface area (Å²) in [6, 6.07) is 7.58. The zero-order valence-corrected chi connectivity index (χ0v) is 17.1. The molecule has 0 fully saturated rings. The molecule has 0 unspecified atom stereocenters. The van der Waals surface area contributed by atoms with E-state index < -0.39 is 0 Å². The van der Waals surface area contributed by atoms with Crippen LogP contribution in [0.2, 0.25) is 0 Å². The van der Waals surface area contributed by atoms with E-state index in [-0.39, 0.29) is 29.9 Å². The van der Waals surface area contributed by atoms with Crippen LogP contribution in [0, 0.1) is 0 Å². The van der Waals surface area contributed by atoms with Crippen molar-refractivity contribution in [3.05, 3.63) is 35.4 Å². The first-order valence-corrected chi connectivity index (χ1v) is 8.10. The molecule has 0 radical (unpaired) electrons. The number of hydrogen-bond acceptors (Lipinski definition) is 3. The first-order valence-electron chi connectivity index (χ1n) is 8.10. The van der Waals surface area contributed by atoms with E-state index in [9.17, 15) is 4.79 Å². The van der Waals surface area contributed by atoms with Gasteiger partial charge < -0.3 is 20.7 Å². The van der Waals surface area contributed by atoms with Crippen molar-refractivity contribution in [3.8, 4) is 0 Å². The summed E-state index contributed by atoms with van der Waals surface area (Å²) in [6.07, 6.45) is 0.932. The molecule has 0 spiro atoms. The molecule has 6 nitrogen and oxygen atoms in total. The highest BCUT2D eigenvalue weighted by molar-refractivity contribution is 14.0. The Balaban J connectivity index is 0.00000529. The molecule has 136 valence electrons. The van der Waals surface area contributed by atoms with E-state index in [0.717, 1.165) is 37.7 Å². The second kappa shape index (κ2) is 14.0. The fourth-order valence-electron chi connectivity index (χ4n) is 2.02. The highest BCUT2D eigenvalue weighted by Crippen LogP contribution is 2.05. The third-order valence-corrected chi connectivity index (χ3v) is 3.17. The van der Waals surface area contributed by atoms with Crippen LogP contribution in [0.4, 0.5) is 0 Å². The van der Waals surface area contributed by atoms with E-state index >= 15 is 0 Å². The van der Waals surface area contributed by atoms with E-state index in [0.29, 0.717) is 18.7 Å². The van der Waals surface area contributed by atoms with Gasteiger partial charge in [0.15, 0.2) is 5.96 Å². The minimum atomic E-state index is -0.0484. The Morgan fingerprint density at radius 1 is 1.21 bits per heavy atom. The molecule has 0 saturated carbocycles. The van der Waals surface area contributed by atoms with Gasteiger partial charge in [-0.3, -0.25) is 9.79 Å². The number of nitrogens with zero attached hydrogens (tertiary/aromatic N) is 1. The van der Waals surface area contributed by atoms with Crippen LogP contribution in [0.3, 0.4) is 0 Å². The Hall–Kier alpha value is -1.35. The molecule has 0 aliphatic rings. The number of amides is 1. The van der Waals surface area contributed by atoms with E-state index in [1.807, 2.05) is 38.1 Å². The van der Waals surface area contributed by atoms with Crippen molar-refractivity contribution in [1.82, 2.24) is 16.0 Å². The van der Waals surface area contributed by atoms with Crippen LogP contribution >= 0.6 is 24.0 Å². The van der Waals surface area contributed by atoms with Gasteiger partial charge in [0.1, 0.15) is 0 Å². The second-order valence-electron chi connectivity index (χ2n) is 4.96. The largest absolute Gasteiger partial charge is 0.382 e. The van der Waals surface area contributed by atoms with Crippen molar-refractivity contribution in [2.45, 2.75) is 26.8 Å². The number of aliphatic imine (C=N–C) groups is 1. The van der Waals surface area contributed by atoms with Crippen LogP contribution in [0.1, 0.15) is 36.2 Å². The molecule has 0 aliphatic carbocycles. The Labute approximate surface area is 161 Å². The Bertz CT molecular complexity index is 509. The molecule has 1 amide bonds. The fourth-order valence-corrected chi connectivity index (χ4v) is 2.02. The van der Waals surface area contributed by atoms with Crippen molar-refractivity contribution in [2.24, 2.45) is 4.99 Å². The minimum absolute atomic E-state index is 0. The third-order valence-electron chi connectivity index (χ3n) is 3.17. The highest BCUT2D eigenvalue weighted by atomic mass is 127. The molecule has 1 aromatic rings. The van der Waals surface area contributed by atoms with Gasteiger partial charge in [-0.15, -0.1) is 24.0 Å². The molecule has 0 bridgehead atoms. The van der Waals surface area contributed by atoms with Crippen molar-refractivity contribution in [3.63, 3.8) is 0 Å². The van der Waals surface area contributed by atoms with E-state index in [4.69, 9.17) is 4.74 Å². The summed E-state index contributed by atoms with van der Waals surface area (Å²) in [6.45, 7) is 7.42. The molecule has 0 aliphatic heterocycles. The van der Waals surface area contributed by atoms with Gasteiger partial charge in [0.25, 0.3) is 5.91 Å². The highest BCUT2D eigenvalue weighted by Gasteiger charge is 2.05.